The van der Waals surface area contributed by atoms with Crippen molar-refractivity contribution in [2.45, 2.75) is 0 Å². The molecule has 29 heavy (non-hydrogen) atoms. The van der Waals surface area contributed by atoms with Crippen molar-refractivity contribution in [3.63, 3.8) is 0 Å². The monoisotopic (exact) mass is 394 g/mol. The number of carbonyl (C=O) groups excluding carboxylic acids is 2. The van der Waals surface area contributed by atoms with Gasteiger partial charge in [0.1, 0.15) is 11.3 Å². The fraction of sp³-hybridized carbons (Fsp3) is 0.190. The van der Waals surface area contributed by atoms with Crippen molar-refractivity contribution in [3.8, 4) is 17.4 Å². The Kier molecular flexibility index (Phi) is 6.13. The van der Waals surface area contributed by atoms with Crippen LogP contribution in [0.5, 0.6) is 17.4 Å². The lowest BCUT2D eigenvalue weighted by Gasteiger charge is -2.17. The van der Waals surface area contributed by atoms with Gasteiger partial charge in [0.15, 0.2) is 5.75 Å². The molecule has 0 aliphatic rings. The van der Waals surface area contributed by atoms with Gasteiger partial charge in [-0.2, -0.15) is 0 Å². The SMILES string of the molecule is COc1nn(C)cc1C(=O)N(C)CC(=O)Nc1ccccc1Oc1ccccc1. The number of hydrogen-bond donors (Lipinski definition) is 1. The van der Waals surface area contributed by atoms with Gasteiger partial charge in [-0.25, -0.2) is 0 Å². The number of ether oxygens (including phenoxy) is 2. The number of methoxy groups -OCH3 is 1. The van der Waals surface area contributed by atoms with Crippen molar-refractivity contribution in [1.29, 1.82) is 0 Å². The molecule has 1 heterocycles. The topological polar surface area (TPSA) is 85.7 Å². The number of nitrogens with zero attached hydrogens (tertiary/aromatic N) is 3. The number of para-hydroxylation sites is 3. The average Bonchev–Trinajstić information content (AvgIpc) is 3.10. The highest BCUT2D eigenvalue weighted by Crippen LogP contribution is 2.29. The molecule has 1 aromatic heterocycles. The molecule has 0 bridgehead atoms. The van der Waals surface area contributed by atoms with Gasteiger partial charge in [0.05, 0.1) is 19.3 Å². The Morgan fingerprint density at radius 1 is 1.10 bits per heavy atom. The molecule has 8 heteroatoms. The molecule has 0 unspecified atom stereocenters. The molecule has 0 aliphatic carbocycles. The molecule has 0 saturated heterocycles. The van der Waals surface area contributed by atoms with E-state index in [9.17, 15) is 9.59 Å². The number of benzene rings is 2. The van der Waals surface area contributed by atoms with E-state index in [1.54, 1.807) is 38.5 Å². The summed E-state index contributed by atoms with van der Waals surface area (Å²) >= 11 is 0. The summed E-state index contributed by atoms with van der Waals surface area (Å²) in [6.45, 7) is -0.142. The second-order valence-electron chi connectivity index (χ2n) is 6.35. The number of carbonyl (C=O) groups is 2. The van der Waals surface area contributed by atoms with Crippen LogP contribution in [0.3, 0.4) is 0 Å². The lowest BCUT2D eigenvalue weighted by molar-refractivity contribution is -0.116. The molecule has 0 radical (unpaired) electrons. The third-order valence-corrected chi connectivity index (χ3v) is 4.08. The fourth-order valence-corrected chi connectivity index (χ4v) is 2.72. The number of rotatable bonds is 7. The van der Waals surface area contributed by atoms with Crippen LogP contribution < -0.4 is 14.8 Å². The molecule has 0 spiro atoms. The molecule has 3 aromatic rings. The van der Waals surface area contributed by atoms with E-state index in [4.69, 9.17) is 9.47 Å². The Hall–Kier alpha value is -3.81. The van der Waals surface area contributed by atoms with Gasteiger partial charge in [0, 0.05) is 20.3 Å². The third kappa shape index (κ3) is 4.92. The summed E-state index contributed by atoms with van der Waals surface area (Å²) in [7, 11) is 4.67. The van der Waals surface area contributed by atoms with Gasteiger partial charge in [-0.15, -0.1) is 5.10 Å². The van der Waals surface area contributed by atoms with E-state index in [-0.39, 0.29) is 29.8 Å². The third-order valence-electron chi connectivity index (χ3n) is 4.08. The number of anilines is 1. The Morgan fingerprint density at radius 2 is 1.79 bits per heavy atom. The van der Waals surface area contributed by atoms with Crippen molar-refractivity contribution in [2.24, 2.45) is 7.05 Å². The van der Waals surface area contributed by atoms with Crippen LogP contribution >= 0.6 is 0 Å². The summed E-state index contributed by atoms with van der Waals surface area (Å²) < 4.78 is 12.4. The van der Waals surface area contributed by atoms with E-state index in [0.29, 0.717) is 17.2 Å². The summed E-state index contributed by atoms with van der Waals surface area (Å²) in [5.41, 5.74) is 0.805. The first-order chi connectivity index (χ1) is 14.0. The number of aryl methyl sites for hydroxylation is 1. The predicted octanol–water partition coefficient (Wildman–Crippen LogP) is 2.93. The van der Waals surface area contributed by atoms with Crippen LogP contribution in [0.2, 0.25) is 0 Å². The lowest BCUT2D eigenvalue weighted by atomic mass is 10.2. The molecule has 3 rings (SSSR count). The number of amides is 2. The average molecular weight is 394 g/mol. The van der Waals surface area contributed by atoms with Gasteiger partial charge in [-0.3, -0.25) is 14.3 Å². The number of hydrogen-bond acceptors (Lipinski definition) is 5. The highest BCUT2D eigenvalue weighted by Gasteiger charge is 2.22. The molecule has 0 aliphatic heterocycles. The zero-order valence-corrected chi connectivity index (χ0v) is 16.5. The highest BCUT2D eigenvalue weighted by atomic mass is 16.5. The molecule has 0 atom stereocenters. The van der Waals surface area contributed by atoms with Crippen molar-refractivity contribution >= 4 is 17.5 Å². The van der Waals surface area contributed by atoms with E-state index in [0.717, 1.165) is 0 Å². The highest BCUT2D eigenvalue weighted by molar-refractivity contribution is 6.00. The molecule has 0 saturated carbocycles. The van der Waals surface area contributed by atoms with Crippen LogP contribution in [0, 0.1) is 0 Å². The van der Waals surface area contributed by atoms with Crippen molar-refractivity contribution < 1.29 is 19.1 Å². The van der Waals surface area contributed by atoms with Crippen LogP contribution in [0.4, 0.5) is 5.69 Å². The minimum atomic E-state index is -0.362. The maximum atomic E-state index is 12.6. The van der Waals surface area contributed by atoms with Gasteiger partial charge in [-0.05, 0) is 24.3 Å². The molecule has 8 nitrogen and oxygen atoms in total. The number of nitrogens with one attached hydrogen (secondary N) is 1. The second kappa shape index (κ2) is 8.92. The minimum absolute atomic E-state index is 0.142. The maximum absolute atomic E-state index is 12.6. The molecular formula is C21H22N4O4. The van der Waals surface area contributed by atoms with Crippen molar-refractivity contribution in [2.75, 3.05) is 26.0 Å². The standard InChI is InChI=1S/C21H22N4O4/c1-24(21(27)16-13-25(2)23-20(16)28-3)14-19(26)22-17-11-7-8-12-18(17)29-15-9-5-4-6-10-15/h4-13H,14H2,1-3H3,(H,22,26). The van der Waals surface area contributed by atoms with Crippen molar-refractivity contribution in [3.05, 3.63) is 66.4 Å². The summed E-state index contributed by atoms with van der Waals surface area (Å²) in [5.74, 6) is 0.665. The summed E-state index contributed by atoms with van der Waals surface area (Å²) in [4.78, 5) is 26.4. The van der Waals surface area contributed by atoms with E-state index in [1.807, 2.05) is 36.4 Å². The lowest BCUT2D eigenvalue weighted by Crippen LogP contribution is -2.35. The quantitative estimate of drug-likeness (QED) is 0.666. The van der Waals surface area contributed by atoms with E-state index in [1.165, 1.54) is 16.7 Å². The largest absolute Gasteiger partial charge is 0.479 e. The first-order valence-corrected chi connectivity index (χ1v) is 8.93. The normalized spacial score (nSPS) is 10.3. The predicted molar refractivity (Wildman–Crippen MR) is 108 cm³/mol. The number of aromatic nitrogens is 2. The van der Waals surface area contributed by atoms with E-state index < -0.39 is 0 Å². The molecule has 2 aromatic carbocycles. The Morgan fingerprint density at radius 3 is 2.52 bits per heavy atom. The summed E-state index contributed by atoms with van der Waals surface area (Å²) in [6.07, 6.45) is 1.55. The first-order valence-electron chi connectivity index (χ1n) is 8.93. The Labute approximate surface area is 168 Å². The van der Waals surface area contributed by atoms with Crippen molar-refractivity contribution in [1.82, 2.24) is 14.7 Å². The fourth-order valence-electron chi connectivity index (χ4n) is 2.72. The van der Waals surface area contributed by atoms with Crippen LogP contribution in [-0.2, 0) is 11.8 Å². The Bertz CT molecular complexity index is 1000. The molecule has 0 fully saturated rings. The Balaban J connectivity index is 1.67. The minimum Gasteiger partial charge on any atom is -0.479 e. The van der Waals surface area contributed by atoms with E-state index in [2.05, 4.69) is 10.4 Å². The van der Waals surface area contributed by atoms with Gasteiger partial charge in [0.2, 0.25) is 11.8 Å². The van der Waals surface area contributed by atoms with Gasteiger partial charge < -0.3 is 19.7 Å². The zero-order chi connectivity index (χ0) is 20.8. The maximum Gasteiger partial charge on any atom is 0.261 e. The zero-order valence-electron chi connectivity index (χ0n) is 16.5. The summed E-state index contributed by atoms with van der Waals surface area (Å²) in [5, 5.41) is 6.85. The number of likely N-dealkylation sites (N-methyl/N-ethyl adjacent to an activating group) is 1. The molecule has 1 N–H and O–H groups in total. The van der Waals surface area contributed by atoms with Crippen LogP contribution in [-0.4, -0.2) is 47.2 Å². The summed E-state index contributed by atoms with van der Waals surface area (Å²) in [6, 6.07) is 16.4. The molecule has 2 amide bonds. The second-order valence-corrected chi connectivity index (χ2v) is 6.35. The van der Waals surface area contributed by atoms with Crippen LogP contribution in [0.25, 0.3) is 0 Å². The smallest absolute Gasteiger partial charge is 0.261 e. The van der Waals surface area contributed by atoms with E-state index >= 15 is 0 Å². The van der Waals surface area contributed by atoms with Crippen LogP contribution in [0.1, 0.15) is 10.4 Å². The van der Waals surface area contributed by atoms with Gasteiger partial charge in [-0.1, -0.05) is 30.3 Å². The molecular weight excluding hydrogens is 372 g/mol. The van der Waals surface area contributed by atoms with Gasteiger partial charge in [0.25, 0.3) is 5.91 Å². The van der Waals surface area contributed by atoms with Gasteiger partial charge >= 0.3 is 0 Å². The first kappa shape index (κ1) is 19.9. The molecule has 150 valence electrons. The van der Waals surface area contributed by atoms with Crippen LogP contribution in [0.15, 0.2) is 60.8 Å².